The highest BCUT2D eigenvalue weighted by Crippen LogP contribution is 2.20. The van der Waals surface area contributed by atoms with Crippen LogP contribution < -0.4 is 4.74 Å². The van der Waals surface area contributed by atoms with Gasteiger partial charge in [0, 0.05) is 24.8 Å². The number of carboxylic acid groups (broad SMARTS) is 1. The summed E-state index contributed by atoms with van der Waals surface area (Å²) in [6.07, 6.45) is 1.96. The van der Waals surface area contributed by atoms with Crippen LogP contribution >= 0.6 is 0 Å². The smallest absolute Gasteiger partial charge is 0.354 e. The van der Waals surface area contributed by atoms with Crippen molar-refractivity contribution in [3.63, 3.8) is 0 Å². The molecule has 1 atom stereocenters. The average molecular weight is 328 g/mol. The Balaban J connectivity index is 2.15. The Morgan fingerprint density at radius 1 is 1.29 bits per heavy atom. The molecule has 1 amide bonds. The fourth-order valence-corrected chi connectivity index (χ4v) is 2.41. The van der Waals surface area contributed by atoms with Gasteiger partial charge in [-0.05, 0) is 37.1 Å². The van der Waals surface area contributed by atoms with Crippen molar-refractivity contribution in [2.24, 2.45) is 0 Å². The lowest BCUT2D eigenvalue weighted by molar-refractivity contribution is 0.0690. The number of methoxy groups -OCH3 is 1. The van der Waals surface area contributed by atoms with Gasteiger partial charge < -0.3 is 14.7 Å². The maximum Gasteiger partial charge on any atom is 0.354 e. The first-order chi connectivity index (χ1) is 11.4. The molecular weight excluding hydrogens is 308 g/mol. The number of rotatable bonds is 6. The summed E-state index contributed by atoms with van der Waals surface area (Å²) in [5, 5.41) is 8.99. The van der Waals surface area contributed by atoms with Crippen LogP contribution in [0.25, 0.3) is 0 Å². The Bertz CT molecular complexity index is 745. The van der Waals surface area contributed by atoms with Gasteiger partial charge in [-0.2, -0.15) is 0 Å². The predicted molar refractivity (Wildman–Crippen MR) is 89.4 cm³/mol. The van der Waals surface area contributed by atoms with E-state index >= 15 is 0 Å². The predicted octanol–water partition coefficient (Wildman–Crippen LogP) is 2.49. The molecule has 0 aliphatic heterocycles. The molecule has 24 heavy (non-hydrogen) atoms. The van der Waals surface area contributed by atoms with E-state index < -0.39 is 5.97 Å². The number of aromatic nitrogens is 1. The summed E-state index contributed by atoms with van der Waals surface area (Å²) in [6, 6.07) is 10.4. The van der Waals surface area contributed by atoms with Crippen molar-refractivity contribution in [2.75, 3.05) is 14.2 Å². The van der Waals surface area contributed by atoms with E-state index in [9.17, 15) is 9.59 Å². The van der Waals surface area contributed by atoms with Crippen molar-refractivity contribution < 1.29 is 19.4 Å². The van der Waals surface area contributed by atoms with Crippen LogP contribution in [0.3, 0.4) is 0 Å². The minimum Gasteiger partial charge on any atom is -0.496 e. The van der Waals surface area contributed by atoms with E-state index in [0.29, 0.717) is 12.0 Å². The number of likely N-dealkylation sites (N-methyl/N-ethyl adjacent to an activating group) is 1. The maximum atomic E-state index is 12.6. The number of carbonyl (C=O) groups is 2. The van der Waals surface area contributed by atoms with E-state index in [1.165, 1.54) is 18.3 Å². The van der Waals surface area contributed by atoms with Gasteiger partial charge in [0.1, 0.15) is 11.4 Å². The van der Waals surface area contributed by atoms with Crippen LogP contribution in [0.15, 0.2) is 42.6 Å². The van der Waals surface area contributed by atoms with Crippen LogP contribution in [0, 0.1) is 0 Å². The molecule has 0 fully saturated rings. The molecule has 126 valence electrons. The molecule has 0 spiro atoms. The number of nitrogens with zero attached hydrogens (tertiary/aromatic N) is 2. The Kier molecular flexibility index (Phi) is 5.52. The van der Waals surface area contributed by atoms with Crippen LogP contribution in [-0.4, -0.2) is 47.1 Å². The first-order valence-electron chi connectivity index (χ1n) is 7.52. The SMILES string of the molecule is COc1ccccc1CC(C)N(C)C(=O)c1ccnc(C(=O)O)c1. The quantitative estimate of drug-likeness (QED) is 0.881. The number of amides is 1. The summed E-state index contributed by atoms with van der Waals surface area (Å²) in [4.78, 5) is 28.9. The number of pyridine rings is 1. The number of benzene rings is 1. The first-order valence-corrected chi connectivity index (χ1v) is 7.52. The number of hydrogen-bond acceptors (Lipinski definition) is 4. The number of para-hydroxylation sites is 1. The Hall–Kier alpha value is -2.89. The highest BCUT2D eigenvalue weighted by Gasteiger charge is 2.20. The number of hydrogen-bond donors (Lipinski definition) is 1. The fraction of sp³-hybridized carbons (Fsp3) is 0.278. The number of carbonyl (C=O) groups excluding carboxylic acids is 1. The minimum absolute atomic E-state index is 0.0877. The summed E-state index contributed by atoms with van der Waals surface area (Å²) in [7, 11) is 3.31. The zero-order valence-corrected chi connectivity index (χ0v) is 13.9. The van der Waals surface area contributed by atoms with E-state index in [1.807, 2.05) is 31.2 Å². The third-order valence-corrected chi connectivity index (χ3v) is 3.92. The molecule has 6 nitrogen and oxygen atoms in total. The van der Waals surface area contributed by atoms with Crippen molar-refractivity contribution >= 4 is 11.9 Å². The molecule has 1 N–H and O–H groups in total. The molecule has 0 aliphatic carbocycles. The Morgan fingerprint density at radius 2 is 2.00 bits per heavy atom. The van der Waals surface area contributed by atoms with Gasteiger partial charge in [-0.25, -0.2) is 9.78 Å². The third-order valence-electron chi connectivity index (χ3n) is 3.92. The molecule has 0 bridgehead atoms. The molecule has 0 saturated heterocycles. The van der Waals surface area contributed by atoms with Crippen molar-refractivity contribution in [2.45, 2.75) is 19.4 Å². The van der Waals surface area contributed by atoms with Crippen LogP contribution in [-0.2, 0) is 6.42 Å². The standard InChI is InChI=1S/C18H20N2O4/c1-12(10-13-6-4-5-7-16(13)24-3)20(2)17(21)14-8-9-19-15(11-14)18(22)23/h4-9,11-12H,10H2,1-3H3,(H,22,23). The zero-order chi connectivity index (χ0) is 17.7. The number of aromatic carboxylic acids is 1. The van der Waals surface area contributed by atoms with Gasteiger partial charge in [0.25, 0.3) is 5.91 Å². The van der Waals surface area contributed by atoms with E-state index in [4.69, 9.17) is 9.84 Å². The minimum atomic E-state index is -1.16. The van der Waals surface area contributed by atoms with E-state index in [2.05, 4.69) is 4.98 Å². The van der Waals surface area contributed by atoms with Gasteiger partial charge >= 0.3 is 5.97 Å². The van der Waals surface area contributed by atoms with Crippen molar-refractivity contribution in [3.05, 3.63) is 59.4 Å². The summed E-state index contributed by atoms with van der Waals surface area (Å²) in [5.41, 5.74) is 1.16. The second kappa shape index (κ2) is 7.59. The van der Waals surface area contributed by atoms with Crippen molar-refractivity contribution in [1.82, 2.24) is 9.88 Å². The summed E-state index contributed by atoms with van der Waals surface area (Å²) < 4.78 is 5.34. The molecule has 1 aromatic heterocycles. The monoisotopic (exact) mass is 328 g/mol. The lowest BCUT2D eigenvalue weighted by Crippen LogP contribution is -2.36. The molecular formula is C18H20N2O4. The normalized spacial score (nSPS) is 11.6. The van der Waals surface area contributed by atoms with Crippen LogP contribution in [0.4, 0.5) is 0 Å². The second-order valence-electron chi connectivity index (χ2n) is 5.52. The Morgan fingerprint density at radius 3 is 2.67 bits per heavy atom. The highest BCUT2D eigenvalue weighted by atomic mass is 16.5. The van der Waals surface area contributed by atoms with Gasteiger partial charge in [0.15, 0.2) is 0 Å². The summed E-state index contributed by atoms with van der Waals surface area (Å²) >= 11 is 0. The molecule has 0 radical (unpaired) electrons. The maximum absolute atomic E-state index is 12.6. The third kappa shape index (κ3) is 3.90. The highest BCUT2D eigenvalue weighted by molar-refractivity contribution is 5.96. The molecule has 2 rings (SSSR count). The zero-order valence-electron chi connectivity index (χ0n) is 13.9. The fourth-order valence-electron chi connectivity index (χ4n) is 2.41. The number of carboxylic acids is 1. The molecule has 1 heterocycles. The van der Waals surface area contributed by atoms with Crippen LogP contribution in [0.5, 0.6) is 5.75 Å². The van der Waals surface area contributed by atoms with E-state index in [1.54, 1.807) is 19.1 Å². The largest absolute Gasteiger partial charge is 0.496 e. The topological polar surface area (TPSA) is 79.7 Å². The molecule has 6 heteroatoms. The van der Waals surface area contributed by atoms with Gasteiger partial charge in [-0.1, -0.05) is 18.2 Å². The lowest BCUT2D eigenvalue weighted by atomic mass is 10.0. The van der Waals surface area contributed by atoms with Gasteiger partial charge in [0.2, 0.25) is 0 Å². The molecule has 0 aliphatic rings. The molecule has 1 unspecified atom stereocenters. The molecule has 1 aromatic carbocycles. The average Bonchev–Trinajstić information content (AvgIpc) is 2.60. The lowest BCUT2D eigenvalue weighted by Gasteiger charge is -2.25. The van der Waals surface area contributed by atoms with Crippen molar-refractivity contribution in [1.29, 1.82) is 0 Å². The second-order valence-corrected chi connectivity index (χ2v) is 5.52. The Labute approximate surface area is 140 Å². The first kappa shape index (κ1) is 17.5. The van der Waals surface area contributed by atoms with E-state index in [0.717, 1.165) is 11.3 Å². The van der Waals surface area contributed by atoms with E-state index in [-0.39, 0.29) is 17.6 Å². The van der Waals surface area contributed by atoms with Gasteiger partial charge in [-0.15, -0.1) is 0 Å². The molecule has 0 saturated carbocycles. The number of ether oxygens (including phenoxy) is 1. The van der Waals surface area contributed by atoms with Crippen LogP contribution in [0.2, 0.25) is 0 Å². The van der Waals surface area contributed by atoms with Crippen molar-refractivity contribution in [3.8, 4) is 5.75 Å². The van der Waals surface area contributed by atoms with Crippen LogP contribution in [0.1, 0.15) is 33.3 Å². The molecule has 2 aromatic rings. The summed E-state index contributed by atoms with van der Waals surface area (Å²) in [5.74, 6) is -0.626. The van der Waals surface area contributed by atoms with Gasteiger partial charge in [0.05, 0.1) is 7.11 Å². The summed E-state index contributed by atoms with van der Waals surface area (Å²) in [6.45, 7) is 1.93. The van der Waals surface area contributed by atoms with Gasteiger partial charge in [-0.3, -0.25) is 4.79 Å².